The van der Waals surface area contributed by atoms with Crippen molar-refractivity contribution in [3.8, 4) is 0 Å². The van der Waals surface area contributed by atoms with Gasteiger partial charge in [0.05, 0.1) is 5.69 Å². The maximum absolute atomic E-state index is 11.2. The van der Waals surface area contributed by atoms with Crippen LogP contribution in [0.1, 0.15) is 61.9 Å². The average molecular weight is 287 g/mol. The molecule has 0 radical (unpaired) electrons. The number of hydrogen-bond donors (Lipinski definition) is 1. The quantitative estimate of drug-likeness (QED) is 0.906. The molecule has 0 aliphatic rings. The fourth-order valence-electron chi connectivity index (χ4n) is 1.36. The Morgan fingerprint density at radius 2 is 1.83 bits per heavy atom. The van der Waals surface area contributed by atoms with E-state index in [0.29, 0.717) is 10.6 Å². The van der Waals surface area contributed by atoms with Crippen LogP contribution >= 0.6 is 23.1 Å². The summed E-state index contributed by atoms with van der Waals surface area (Å²) in [5.41, 5.74) is 0.471. The highest BCUT2D eigenvalue weighted by molar-refractivity contribution is 7.99. The van der Waals surface area contributed by atoms with E-state index in [1.807, 2.05) is 20.8 Å². The number of carbonyl (C=O) groups is 1. The minimum atomic E-state index is -0.871. The second-order valence-corrected chi connectivity index (χ2v) is 9.13. The predicted molar refractivity (Wildman–Crippen MR) is 78.8 cm³/mol. The number of carboxylic acid groups (broad SMARTS) is 1. The molecule has 1 rings (SSSR count). The summed E-state index contributed by atoms with van der Waals surface area (Å²) in [6, 6.07) is 0. The zero-order chi connectivity index (χ0) is 14.1. The van der Waals surface area contributed by atoms with Gasteiger partial charge in [0.1, 0.15) is 9.88 Å². The Labute approximate surface area is 117 Å². The highest BCUT2D eigenvalue weighted by Crippen LogP contribution is 2.33. The van der Waals surface area contributed by atoms with Crippen molar-refractivity contribution in [2.75, 3.05) is 0 Å². The molecule has 1 N–H and O–H groups in total. The van der Waals surface area contributed by atoms with E-state index < -0.39 is 5.97 Å². The lowest BCUT2D eigenvalue weighted by atomic mass is 9.91. The monoisotopic (exact) mass is 287 g/mol. The third-order valence-electron chi connectivity index (χ3n) is 2.20. The fourth-order valence-corrected chi connectivity index (χ4v) is 3.30. The maximum Gasteiger partial charge on any atom is 0.347 e. The summed E-state index contributed by atoms with van der Waals surface area (Å²) in [7, 11) is 0. The van der Waals surface area contributed by atoms with Crippen LogP contribution in [0.2, 0.25) is 0 Å². The summed E-state index contributed by atoms with van der Waals surface area (Å²) in [6.07, 6.45) is 0. The van der Waals surface area contributed by atoms with Crippen molar-refractivity contribution in [1.82, 2.24) is 4.98 Å². The first kappa shape index (κ1) is 15.5. The summed E-state index contributed by atoms with van der Waals surface area (Å²) in [6.45, 7) is 12.4. The molecular weight excluding hydrogens is 266 g/mol. The van der Waals surface area contributed by atoms with Crippen molar-refractivity contribution in [1.29, 1.82) is 0 Å². The van der Waals surface area contributed by atoms with Crippen LogP contribution in [0.15, 0.2) is 0 Å². The summed E-state index contributed by atoms with van der Waals surface area (Å²) in [5, 5.41) is 10.1. The average Bonchev–Trinajstić information content (AvgIpc) is 2.56. The first-order chi connectivity index (χ1) is 8.00. The van der Waals surface area contributed by atoms with E-state index in [0.717, 1.165) is 10.8 Å². The van der Waals surface area contributed by atoms with Gasteiger partial charge >= 0.3 is 5.97 Å². The summed E-state index contributed by atoms with van der Waals surface area (Å²) >= 11 is 3.09. The Hall–Kier alpha value is -0.550. The standard InChI is InChI=1S/C13H21NO2S2/c1-12(2,3)10-9(11(15)16)18-8(14-10)7-17-13(4,5)6/h7H2,1-6H3,(H,15,16). The molecule has 0 saturated carbocycles. The van der Waals surface area contributed by atoms with Crippen molar-refractivity contribution >= 4 is 29.1 Å². The number of hydrogen-bond acceptors (Lipinski definition) is 4. The predicted octanol–water partition coefficient (Wildman–Crippen LogP) is 4.17. The maximum atomic E-state index is 11.2. The van der Waals surface area contributed by atoms with Crippen LogP contribution in [-0.4, -0.2) is 20.8 Å². The van der Waals surface area contributed by atoms with Crippen LogP contribution in [0.4, 0.5) is 0 Å². The Morgan fingerprint density at radius 1 is 1.28 bits per heavy atom. The van der Waals surface area contributed by atoms with Crippen LogP contribution in [0, 0.1) is 0 Å². The molecule has 0 spiro atoms. The molecule has 3 nitrogen and oxygen atoms in total. The highest BCUT2D eigenvalue weighted by atomic mass is 32.2. The third kappa shape index (κ3) is 4.28. The van der Waals surface area contributed by atoms with Gasteiger partial charge in [0.15, 0.2) is 0 Å². The van der Waals surface area contributed by atoms with Crippen LogP contribution < -0.4 is 0 Å². The highest BCUT2D eigenvalue weighted by Gasteiger charge is 2.27. The number of aromatic nitrogens is 1. The second-order valence-electron chi connectivity index (χ2n) is 6.24. The van der Waals surface area contributed by atoms with E-state index in [2.05, 4.69) is 25.8 Å². The molecule has 102 valence electrons. The normalized spacial score (nSPS) is 12.8. The van der Waals surface area contributed by atoms with Crippen molar-refractivity contribution in [2.45, 2.75) is 57.5 Å². The first-order valence-corrected chi connectivity index (χ1v) is 7.68. The molecule has 0 aliphatic heterocycles. The van der Waals surface area contributed by atoms with Crippen molar-refractivity contribution < 1.29 is 9.90 Å². The molecule has 5 heteroatoms. The zero-order valence-corrected chi connectivity index (χ0v) is 13.5. The Balaban J connectivity index is 3.00. The minimum absolute atomic E-state index is 0.164. The lowest BCUT2D eigenvalue weighted by molar-refractivity contribution is 0.0699. The lowest BCUT2D eigenvalue weighted by Crippen LogP contribution is -2.16. The SMILES string of the molecule is CC(C)(C)SCc1nc(C(C)(C)C)c(C(=O)O)s1. The number of nitrogens with zero attached hydrogens (tertiary/aromatic N) is 1. The molecule has 0 aliphatic carbocycles. The summed E-state index contributed by atoms with van der Waals surface area (Å²) in [5.74, 6) is -0.103. The molecular formula is C13H21NO2S2. The molecule has 0 bridgehead atoms. The molecule has 18 heavy (non-hydrogen) atoms. The van der Waals surface area contributed by atoms with E-state index in [9.17, 15) is 9.90 Å². The summed E-state index contributed by atoms with van der Waals surface area (Å²) < 4.78 is 0.164. The van der Waals surface area contributed by atoms with Gasteiger partial charge in [-0.2, -0.15) is 0 Å². The van der Waals surface area contributed by atoms with Crippen molar-refractivity contribution in [3.05, 3.63) is 15.6 Å². The van der Waals surface area contributed by atoms with Gasteiger partial charge in [-0.1, -0.05) is 41.5 Å². The summed E-state index contributed by atoms with van der Waals surface area (Å²) in [4.78, 5) is 16.2. The number of carboxylic acids is 1. The van der Waals surface area contributed by atoms with Gasteiger partial charge in [-0.15, -0.1) is 23.1 Å². The van der Waals surface area contributed by atoms with Crippen molar-refractivity contribution in [2.24, 2.45) is 0 Å². The number of aromatic carboxylic acids is 1. The molecule has 0 fully saturated rings. The van der Waals surface area contributed by atoms with Crippen LogP contribution in [-0.2, 0) is 11.2 Å². The van der Waals surface area contributed by atoms with Gasteiger partial charge in [-0.05, 0) is 0 Å². The molecule has 0 unspecified atom stereocenters. The van der Waals surface area contributed by atoms with E-state index in [1.165, 1.54) is 11.3 Å². The molecule has 1 aromatic rings. The number of thioether (sulfide) groups is 1. The molecule has 0 aromatic carbocycles. The Bertz CT molecular complexity index is 439. The van der Waals surface area contributed by atoms with Gasteiger partial charge in [0, 0.05) is 15.9 Å². The Kier molecular flexibility index (Phi) is 4.49. The van der Waals surface area contributed by atoms with Gasteiger partial charge < -0.3 is 5.11 Å². The van der Waals surface area contributed by atoms with E-state index >= 15 is 0 Å². The van der Waals surface area contributed by atoms with Gasteiger partial charge in [0.25, 0.3) is 0 Å². The molecule has 1 heterocycles. The van der Waals surface area contributed by atoms with Gasteiger partial charge in [0.2, 0.25) is 0 Å². The number of rotatable bonds is 3. The Morgan fingerprint density at radius 3 is 2.17 bits per heavy atom. The molecule has 0 saturated heterocycles. The van der Waals surface area contributed by atoms with E-state index in [-0.39, 0.29) is 10.2 Å². The zero-order valence-electron chi connectivity index (χ0n) is 11.8. The number of thiazole rings is 1. The fraction of sp³-hybridized carbons (Fsp3) is 0.692. The first-order valence-electron chi connectivity index (χ1n) is 5.88. The van der Waals surface area contributed by atoms with Gasteiger partial charge in [-0.3, -0.25) is 0 Å². The van der Waals surface area contributed by atoms with Crippen molar-refractivity contribution in [3.63, 3.8) is 0 Å². The van der Waals surface area contributed by atoms with E-state index in [4.69, 9.17) is 0 Å². The van der Waals surface area contributed by atoms with Crippen LogP contribution in [0.3, 0.4) is 0 Å². The largest absolute Gasteiger partial charge is 0.477 e. The third-order valence-corrected chi connectivity index (χ3v) is 4.71. The lowest BCUT2D eigenvalue weighted by Gasteiger charge is -2.17. The molecule has 0 amide bonds. The van der Waals surface area contributed by atoms with E-state index in [1.54, 1.807) is 11.8 Å². The topological polar surface area (TPSA) is 50.2 Å². The van der Waals surface area contributed by atoms with Crippen LogP contribution in [0.5, 0.6) is 0 Å². The molecule has 0 atom stereocenters. The second kappa shape index (κ2) is 5.21. The molecule has 1 aromatic heterocycles. The van der Waals surface area contributed by atoms with Crippen LogP contribution in [0.25, 0.3) is 0 Å². The van der Waals surface area contributed by atoms with Gasteiger partial charge in [-0.25, -0.2) is 9.78 Å². The smallest absolute Gasteiger partial charge is 0.347 e. The minimum Gasteiger partial charge on any atom is -0.477 e.